The van der Waals surface area contributed by atoms with E-state index in [9.17, 15) is 26.4 Å². The fourth-order valence-electron chi connectivity index (χ4n) is 5.77. The van der Waals surface area contributed by atoms with Gasteiger partial charge < -0.3 is 19.9 Å². The number of carbonyl (C=O) groups is 1. The van der Waals surface area contributed by atoms with Crippen LogP contribution in [-0.4, -0.2) is 89.2 Å². The summed E-state index contributed by atoms with van der Waals surface area (Å²) in [7, 11) is -1.27. The summed E-state index contributed by atoms with van der Waals surface area (Å²) in [4.78, 5) is 26.0. The molecule has 1 aliphatic carbocycles. The number of sulfone groups is 1. The molecule has 222 valence electrons. The number of benzene rings is 1. The predicted molar refractivity (Wildman–Crippen MR) is 147 cm³/mol. The molecule has 0 bridgehead atoms. The molecule has 2 aromatic rings. The predicted octanol–water partition coefficient (Wildman–Crippen LogP) is 4.24. The molecule has 1 saturated carbocycles. The Morgan fingerprint density at radius 1 is 1.15 bits per heavy atom. The highest BCUT2D eigenvalue weighted by molar-refractivity contribution is 7.91. The molecule has 2 aliphatic rings. The van der Waals surface area contributed by atoms with Gasteiger partial charge in [0.25, 0.3) is 0 Å². The van der Waals surface area contributed by atoms with Gasteiger partial charge in [0.2, 0.25) is 5.91 Å². The number of rotatable bonds is 9. The lowest BCUT2D eigenvalue weighted by molar-refractivity contribution is -0.274. The zero-order valence-corrected chi connectivity index (χ0v) is 24.3. The number of aromatic nitrogens is 2. The fourth-order valence-corrected chi connectivity index (χ4v) is 7.11. The van der Waals surface area contributed by atoms with Crippen LogP contribution in [0.3, 0.4) is 0 Å². The largest absolute Gasteiger partial charge is 0.573 e. The topological polar surface area (TPSA) is 105 Å². The highest BCUT2D eigenvalue weighted by Crippen LogP contribution is 2.36. The van der Waals surface area contributed by atoms with Gasteiger partial charge in [0.1, 0.15) is 23.9 Å². The Hall–Kier alpha value is -2.67. The molecule has 9 nitrogen and oxygen atoms in total. The first-order valence-corrected chi connectivity index (χ1v) is 15.4. The van der Waals surface area contributed by atoms with E-state index in [1.54, 1.807) is 18.7 Å². The maximum Gasteiger partial charge on any atom is 0.573 e. The zero-order chi connectivity index (χ0) is 29.4. The van der Waals surface area contributed by atoms with E-state index in [0.29, 0.717) is 42.8 Å². The van der Waals surface area contributed by atoms with E-state index in [2.05, 4.69) is 45.8 Å². The van der Waals surface area contributed by atoms with Crippen molar-refractivity contribution in [2.45, 2.75) is 89.2 Å². The summed E-state index contributed by atoms with van der Waals surface area (Å²) in [5.41, 5.74) is 0.404. The first kappa shape index (κ1) is 30.3. The Morgan fingerprint density at radius 3 is 2.52 bits per heavy atom. The number of carbonyl (C=O) groups excluding carboxylic acids is 1. The van der Waals surface area contributed by atoms with Gasteiger partial charge in [-0.2, -0.15) is 0 Å². The lowest BCUT2D eigenvalue weighted by Crippen LogP contribution is -2.52. The third-order valence-corrected chi connectivity index (χ3v) is 10.6. The van der Waals surface area contributed by atoms with Crippen LogP contribution in [0.2, 0.25) is 0 Å². The summed E-state index contributed by atoms with van der Waals surface area (Å²) < 4.78 is 68.3. The highest BCUT2D eigenvalue weighted by Gasteiger charge is 2.44. The smallest absolute Gasteiger partial charge is 0.406 e. The van der Waals surface area contributed by atoms with Gasteiger partial charge in [-0.3, -0.25) is 4.79 Å². The molecule has 40 heavy (non-hydrogen) atoms. The van der Waals surface area contributed by atoms with E-state index in [1.165, 1.54) is 24.5 Å². The number of nitrogens with one attached hydrogen (secondary N) is 1. The number of alkyl halides is 3. The molecule has 1 saturated heterocycles. The quantitative estimate of drug-likeness (QED) is 0.466. The summed E-state index contributed by atoms with van der Waals surface area (Å²) in [6.07, 6.45) is -0.859. The monoisotopic (exact) mass is 585 g/mol. The van der Waals surface area contributed by atoms with Crippen molar-refractivity contribution in [3.8, 4) is 5.75 Å². The minimum atomic E-state index is -4.85. The Labute approximate surface area is 233 Å². The number of fused-ring (bicyclic) bond motifs is 1. The Balaban J connectivity index is 1.54. The maximum absolute atomic E-state index is 13.7. The molecule has 1 aromatic heterocycles. The molecule has 0 unspecified atom stereocenters. The van der Waals surface area contributed by atoms with Crippen molar-refractivity contribution in [3.05, 3.63) is 24.5 Å². The van der Waals surface area contributed by atoms with Crippen LogP contribution in [-0.2, 0) is 14.6 Å². The van der Waals surface area contributed by atoms with E-state index in [1.807, 2.05) is 0 Å². The van der Waals surface area contributed by atoms with Crippen LogP contribution in [0, 0.1) is 5.92 Å². The average molecular weight is 586 g/mol. The fraction of sp³-hybridized carbons (Fsp3) is 0.667. The number of hydrogen-bond donors (Lipinski definition) is 1. The van der Waals surface area contributed by atoms with E-state index in [-0.39, 0.29) is 35.5 Å². The third-order valence-electron chi connectivity index (χ3n) is 8.26. The molecule has 1 aromatic carbocycles. The average Bonchev–Trinajstić information content (AvgIpc) is 3.22. The van der Waals surface area contributed by atoms with Crippen LogP contribution < -0.4 is 10.1 Å². The van der Waals surface area contributed by atoms with Crippen molar-refractivity contribution in [2.75, 3.05) is 24.7 Å². The van der Waals surface area contributed by atoms with E-state index >= 15 is 0 Å². The second-order valence-electron chi connectivity index (χ2n) is 11.4. The molecule has 1 N–H and O–H groups in total. The standard InChI is InChI=1S/C27H38F3N5O4S/c1-16(2)34(5)19-6-9-24(18(12-19)14-40(37,38)17(3)4)35-11-10-23(26(35)36)33-25-21-13-20(39-27(28,29)30)7-8-22(21)31-15-32-25/h7-8,13,15-19,23-24H,6,9-12,14H2,1-5H3,(H,31,32,33)/t18-,19+,23-,24-/m0/s1. The normalized spacial score (nSPS) is 24.5. The SMILES string of the molecule is CC(C)N(C)[C@@H]1CC[C@H](N2CC[C@H](Nc3ncnc4ccc(OC(F)(F)F)cc34)C2=O)[C@H](CS(=O)(=O)C(C)C)C1. The van der Waals surface area contributed by atoms with Gasteiger partial charge >= 0.3 is 6.36 Å². The maximum atomic E-state index is 13.7. The van der Waals surface area contributed by atoms with E-state index < -0.39 is 33.2 Å². The van der Waals surface area contributed by atoms with Crippen molar-refractivity contribution < 1.29 is 31.1 Å². The van der Waals surface area contributed by atoms with Crippen LogP contribution in [0.15, 0.2) is 24.5 Å². The summed E-state index contributed by atoms with van der Waals surface area (Å²) in [5, 5.41) is 2.91. The summed E-state index contributed by atoms with van der Waals surface area (Å²) in [6, 6.07) is 3.46. The van der Waals surface area contributed by atoms with Crippen molar-refractivity contribution in [2.24, 2.45) is 5.92 Å². The molecule has 4 atom stereocenters. The number of hydrogen-bond acceptors (Lipinski definition) is 8. The number of likely N-dealkylation sites (tertiary alicyclic amines) is 1. The molecule has 0 spiro atoms. The summed E-state index contributed by atoms with van der Waals surface area (Å²) >= 11 is 0. The molecule has 1 aliphatic heterocycles. The molecule has 1 amide bonds. The number of amides is 1. The highest BCUT2D eigenvalue weighted by atomic mass is 32.2. The zero-order valence-electron chi connectivity index (χ0n) is 23.5. The second kappa shape index (κ2) is 11.7. The van der Waals surface area contributed by atoms with E-state index in [0.717, 1.165) is 6.42 Å². The third kappa shape index (κ3) is 6.79. The van der Waals surface area contributed by atoms with Gasteiger partial charge in [-0.1, -0.05) is 0 Å². The Bertz CT molecular complexity index is 1320. The number of halogens is 3. The number of ether oxygens (including phenoxy) is 1. The molecular weight excluding hydrogens is 547 g/mol. The molecule has 4 rings (SSSR count). The van der Waals surface area contributed by atoms with Gasteiger partial charge in [0, 0.05) is 30.1 Å². The van der Waals surface area contributed by atoms with Crippen molar-refractivity contribution in [1.29, 1.82) is 0 Å². The van der Waals surface area contributed by atoms with Crippen LogP contribution in [0.4, 0.5) is 19.0 Å². The van der Waals surface area contributed by atoms with Crippen LogP contribution >= 0.6 is 0 Å². The second-order valence-corrected chi connectivity index (χ2v) is 14.0. The lowest BCUT2D eigenvalue weighted by Gasteiger charge is -2.44. The molecule has 0 radical (unpaired) electrons. The summed E-state index contributed by atoms with van der Waals surface area (Å²) in [6.45, 7) is 8.05. The first-order chi connectivity index (χ1) is 18.7. The van der Waals surface area contributed by atoms with Gasteiger partial charge in [-0.05, 0) is 84.5 Å². The van der Waals surface area contributed by atoms with Crippen LogP contribution in [0.1, 0.15) is 53.4 Å². The molecular formula is C27H38F3N5O4S. The lowest BCUT2D eigenvalue weighted by atomic mass is 9.81. The molecule has 13 heteroatoms. The van der Waals surface area contributed by atoms with Gasteiger partial charge in [-0.25, -0.2) is 18.4 Å². The Kier molecular flexibility index (Phi) is 8.84. The van der Waals surface area contributed by atoms with Crippen molar-refractivity contribution >= 4 is 32.5 Å². The van der Waals surface area contributed by atoms with Crippen molar-refractivity contribution in [3.63, 3.8) is 0 Å². The molecule has 2 fully saturated rings. The minimum absolute atomic E-state index is 0.0260. The van der Waals surface area contributed by atoms with Gasteiger partial charge in [0.15, 0.2) is 9.84 Å². The number of anilines is 1. The van der Waals surface area contributed by atoms with Gasteiger partial charge in [-0.15, -0.1) is 13.2 Å². The minimum Gasteiger partial charge on any atom is -0.406 e. The molecule has 2 heterocycles. The van der Waals surface area contributed by atoms with Crippen molar-refractivity contribution in [1.82, 2.24) is 19.8 Å². The van der Waals surface area contributed by atoms with Crippen LogP contribution in [0.5, 0.6) is 5.75 Å². The van der Waals surface area contributed by atoms with E-state index in [4.69, 9.17) is 0 Å². The Morgan fingerprint density at radius 2 is 1.88 bits per heavy atom. The summed E-state index contributed by atoms with van der Waals surface area (Å²) in [5.74, 6) is -0.509. The van der Waals surface area contributed by atoms with Crippen LogP contribution in [0.25, 0.3) is 10.9 Å². The number of nitrogens with zero attached hydrogens (tertiary/aromatic N) is 4. The van der Waals surface area contributed by atoms with Gasteiger partial charge in [0.05, 0.1) is 16.5 Å². The first-order valence-electron chi connectivity index (χ1n) is 13.7.